The van der Waals surface area contributed by atoms with Gasteiger partial charge < -0.3 is 0 Å². The SMILES string of the molecule is O=C1c2cccc3cccc(c23)C(=O)N1CCCCN1C(=O)c2cccc3cccc(c23)C1=O. The van der Waals surface area contributed by atoms with E-state index in [4.69, 9.17) is 0 Å². The van der Waals surface area contributed by atoms with E-state index in [9.17, 15) is 19.2 Å². The quantitative estimate of drug-likeness (QED) is 0.329. The number of carbonyl (C=O) groups excluding carboxylic acids is 4. The van der Waals surface area contributed by atoms with Crippen LogP contribution in [0, 0.1) is 0 Å². The smallest absolute Gasteiger partial charge is 0.261 e. The van der Waals surface area contributed by atoms with Gasteiger partial charge in [-0.05, 0) is 47.9 Å². The van der Waals surface area contributed by atoms with E-state index >= 15 is 0 Å². The van der Waals surface area contributed by atoms with Crippen molar-refractivity contribution < 1.29 is 19.2 Å². The second-order valence-corrected chi connectivity index (χ2v) is 8.65. The molecule has 2 aliphatic heterocycles. The Balaban J connectivity index is 1.18. The highest BCUT2D eigenvalue weighted by molar-refractivity contribution is 6.26. The zero-order valence-corrected chi connectivity index (χ0v) is 18.3. The maximum absolute atomic E-state index is 13.0. The first-order valence-corrected chi connectivity index (χ1v) is 11.3. The van der Waals surface area contributed by atoms with Gasteiger partial charge in [-0.1, -0.05) is 48.5 Å². The molecule has 0 radical (unpaired) electrons. The molecule has 4 aromatic rings. The Bertz CT molecular complexity index is 1340. The van der Waals surface area contributed by atoms with Crippen molar-refractivity contribution >= 4 is 45.2 Å². The van der Waals surface area contributed by atoms with Crippen molar-refractivity contribution in [2.24, 2.45) is 0 Å². The fourth-order valence-electron chi connectivity index (χ4n) is 5.11. The largest absolute Gasteiger partial charge is 0.274 e. The van der Waals surface area contributed by atoms with Gasteiger partial charge in [0, 0.05) is 46.1 Å². The summed E-state index contributed by atoms with van der Waals surface area (Å²) in [6.07, 6.45) is 0.969. The summed E-state index contributed by atoms with van der Waals surface area (Å²) in [5.41, 5.74) is 2.11. The molecular formula is C28H20N2O4. The molecule has 0 saturated carbocycles. The van der Waals surface area contributed by atoms with Gasteiger partial charge in [0.15, 0.2) is 0 Å². The average molecular weight is 448 g/mol. The summed E-state index contributed by atoms with van der Waals surface area (Å²) >= 11 is 0. The first kappa shape index (κ1) is 20.3. The van der Waals surface area contributed by atoms with E-state index in [1.807, 2.05) is 48.5 Å². The van der Waals surface area contributed by atoms with Crippen LogP contribution in [0.4, 0.5) is 0 Å². The molecule has 6 heteroatoms. The van der Waals surface area contributed by atoms with E-state index in [1.165, 1.54) is 9.80 Å². The van der Waals surface area contributed by atoms with Crippen LogP contribution in [-0.2, 0) is 0 Å². The lowest BCUT2D eigenvalue weighted by atomic mass is 9.93. The van der Waals surface area contributed by atoms with Crippen LogP contribution in [0.25, 0.3) is 21.5 Å². The first-order chi connectivity index (χ1) is 16.6. The number of nitrogens with zero attached hydrogens (tertiary/aromatic N) is 2. The van der Waals surface area contributed by atoms with Crippen LogP contribution in [0.2, 0.25) is 0 Å². The summed E-state index contributed by atoms with van der Waals surface area (Å²) in [6, 6.07) is 21.8. The Labute approximate surface area is 195 Å². The van der Waals surface area contributed by atoms with Crippen molar-refractivity contribution in [1.82, 2.24) is 9.80 Å². The number of unbranched alkanes of at least 4 members (excludes halogenated alkanes) is 1. The van der Waals surface area contributed by atoms with Gasteiger partial charge in [-0.2, -0.15) is 0 Å². The summed E-state index contributed by atoms with van der Waals surface area (Å²) in [6.45, 7) is 0.454. The molecule has 34 heavy (non-hydrogen) atoms. The first-order valence-electron chi connectivity index (χ1n) is 11.3. The summed E-state index contributed by atoms with van der Waals surface area (Å²) in [5.74, 6) is -1.22. The van der Waals surface area contributed by atoms with Crippen LogP contribution in [0.15, 0.2) is 72.8 Å². The van der Waals surface area contributed by atoms with Gasteiger partial charge in [-0.3, -0.25) is 29.0 Å². The minimum atomic E-state index is -0.306. The minimum Gasteiger partial charge on any atom is -0.274 e. The van der Waals surface area contributed by atoms with Crippen molar-refractivity contribution in [3.05, 3.63) is 95.1 Å². The summed E-state index contributed by atoms with van der Waals surface area (Å²) in [4.78, 5) is 54.7. The van der Waals surface area contributed by atoms with Crippen LogP contribution in [0.3, 0.4) is 0 Å². The number of amides is 4. The topological polar surface area (TPSA) is 74.8 Å². The maximum atomic E-state index is 13.0. The molecule has 0 fully saturated rings. The third-order valence-electron chi connectivity index (χ3n) is 6.73. The Hall–Kier alpha value is -4.32. The molecule has 0 spiro atoms. The molecule has 0 bridgehead atoms. The number of hydrogen-bond acceptors (Lipinski definition) is 4. The number of benzene rings is 4. The maximum Gasteiger partial charge on any atom is 0.261 e. The Morgan fingerprint density at radius 2 is 0.735 bits per heavy atom. The standard InChI is InChI=1S/C28H20N2O4/c31-25-19-11-3-7-17-8-4-12-20(23(17)19)26(32)29(25)15-1-2-16-30-27(33)21-13-5-9-18-10-6-14-22(24(18)21)28(30)34/h3-14H,1-2,15-16H2. The van der Waals surface area contributed by atoms with Crippen molar-refractivity contribution in [3.8, 4) is 0 Å². The average Bonchev–Trinajstić information content (AvgIpc) is 2.86. The Morgan fingerprint density at radius 3 is 1.03 bits per heavy atom. The number of carbonyl (C=O) groups is 4. The predicted octanol–water partition coefficient (Wildman–Crippen LogP) is 4.67. The molecule has 6 rings (SSSR count). The molecule has 166 valence electrons. The number of rotatable bonds is 5. The zero-order valence-electron chi connectivity index (χ0n) is 18.3. The fraction of sp³-hybridized carbons (Fsp3) is 0.143. The van der Waals surface area contributed by atoms with Gasteiger partial charge in [-0.15, -0.1) is 0 Å². The van der Waals surface area contributed by atoms with Gasteiger partial charge in [0.05, 0.1) is 0 Å². The van der Waals surface area contributed by atoms with E-state index in [1.54, 1.807) is 24.3 Å². The summed E-state index contributed by atoms with van der Waals surface area (Å²) in [5, 5.41) is 3.14. The molecule has 0 atom stereocenters. The van der Waals surface area contributed by atoms with E-state index < -0.39 is 0 Å². The predicted molar refractivity (Wildman–Crippen MR) is 128 cm³/mol. The fourth-order valence-corrected chi connectivity index (χ4v) is 5.11. The van der Waals surface area contributed by atoms with Gasteiger partial charge >= 0.3 is 0 Å². The molecule has 0 aliphatic carbocycles. The molecular weight excluding hydrogens is 428 g/mol. The third kappa shape index (κ3) is 2.88. The van der Waals surface area contributed by atoms with Crippen LogP contribution in [0.5, 0.6) is 0 Å². The zero-order chi connectivity index (χ0) is 23.4. The molecule has 0 N–H and O–H groups in total. The van der Waals surface area contributed by atoms with Crippen LogP contribution < -0.4 is 0 Å². The van der Waals surface area contributed by atoms with Gasteiger partial charge in [-0.25, -0.2) is 0 Å². The lowest BCUT2D eigenvalue weighted by Gasteiger charge is -2.29. The summed E-state index contributed by atoms with van der Waals surface area (Å²) < 4.78 is 0. The van der Waals surface area contributed by atoms with Crippen molar-refractivity contribution in [1.29, 1.82) is 0 Å². The number of imide groups is 2. The molecule has 0 saturated heterocycles. The van der Waals surface area contributed by atoms with Crippen molar-refractivity contribution in [3.63, 3.8) is 0 Å². The highest BCUT2D eigenvalue weighted by atomic mass is 16.2. The van der Waals surface area contributed by atoms with E-state index in [-0.39, 0.29) is 36.7 Å². The van der Waals surface area contributed by atoms with E-state index in [0.717, 1.165) is 10.8 Å². The molecule has 2 aliphatic rings. The third-order valence-corrected chi connectivity index (χ3v) is 6.73. The highest BCUT2D eigenvalue weighted by Gasteiger charge is 2.34. The summed E-state index contributed by atoms with van der Waals surface area (Å²) in [7, 11) is 0. The van der Waals surface area contributed by atoms with Gasteiger partial charge in [0.2, 0.25) is 0 Å². The van der Waals surface area contributed by atoms with Crippen molar-refractivity contribution in [2.45, 2.75) is 12.8 Å². The minimum absolute atomic E-state index is 0.227. The van der Waals surface area contributed by atoms with Crippen molar-refractivity contribution in [2.75, 3.05) is 13.1 Å². The monoisotopic (exact) mass is 448 g/mol. The molecule has 0 unspecified atom stereocenters. The Morgan fingerprint density at radius 1 is 0.441 bits per heavy atom. The molecule has 4 amide bonds. The van der Waals surface area contributed by atoms with Crippen LogP contribution >= 0.6 is 0 Å². The van der Waals surface area contributed by atoms with E-state index in [2.05, 4.69) is 0 Å². The Kier molecular flexibility index (Phi) is 4.55. The normalized spacial score (nSPS) is 15.1. The number of hydrogen-bond donors (Lipinski definition) is 0. The second-order valence-electron chi connectivity index (χ2n) is 8.65. The molecule has 2 heterocycles. The second kappa shape index (κ2) is 7.63. The van der Waals surface area contributed by atoms with Gasteiger partial charge in [0.1, 0.15) is 0 Å². The molecule has 4 aromatic carbocycles. The molecule has 6 nitrogen and oxygen atoms in total. The lowest BCUT2D eigenvalue weighted by molar-refractivity contribution is 0.0570. The molecule has 0 aromatic heterocycles. The highest BCUT2D eigenvalue weighted by Crippen LogP contribution is 2.31. The van der Waals surface area contributed by atoms with Crippen LogP contribution in [-0.4, -0.2) is 46.5 Å². The lowest BCUT2D eigenvalue weighted by Crippen LogP contribution is -2.42. The van der Waals surface area contributed by atoms with E-state index in [0.29, 0.717) is 45.9 Å². The van der Waals surface area contributed by atoms with Crippen LogP contribution in [0.1, 0.15) is 54.3 Å². The van der Waals surface area contributed by atoms with Gasteiger partial charge in [0.25, 0.3) is 23.6 Å².